The number of hydrogen-bond acceptors (Lipinski definition) is 5. The van der Waals surface area contributed by atoms with Gasteiger partial charge in [-0.15, -0.1) is 0 Å². The Balaban J connectivity index is 1.33. The first-order chi connectivity index (χ1) is 21.5. The second-order valence-corrected chi connectivity index (χ2v) is 13.9. The molecule has 8 heteroatoms. The zero-order valence-electron chi connectivity index (χ0n) is 27.4. The van der Waals surface area contributed by atoms with Gasteiger partial charge in [-0.1, -0.05) is 38.1 Å². The van der Waals surface area contributed by atoms with Crippen molar-refractivity contribution in [1.29, 1.82) is 0 Å². The number of pyridine rings is 1. The van der Waals surface area contributed by atoms with E-state index in [4.69, 9.17) is 0 Å². The van der Waals surface area contributed by atoms with Crippen LogP contribution in [-0.4, -0.2) is 71.4 Å². The Morgan fingerprint density at radius 3 is 2.40 bits per heavy atom. The molecule has 2 aromatic heterocycles. The van der Waals surface area contributed by atoms with Gasteiger partial charge in [0.15, 0.2) is 0 Å². The highest BCUT2D eigenvalue weighted by Crippen LogP contribution is 2.67. The molecule has 1 aliphatic carbocycles. The summed E-state index contributed by atoms with van der Waals surface area (Å²) in [7, 11) is 6.07. The van der Waals surface area contributed by atoms with Crippen molar-refractivity contribution < 1.29 is 9.59 Å². The van der Waals surface area contributed by atoms with Gasteiger partial charge in [-0.05, 0) is 91.6 Å². The van der Waals surface area contributed by atoms with Crippen LogP contribution in [0, 0.1) is 18.3 Å². The zero-order chi connectivity index (χ0) is 31.9. The van der Waals surface area contributed by atoms with E-state index in [-0.39, 0.29) is 29.1 Å². The van der Waals surface area contributed by atoms with Crippen molar-refractivity contribution in [2.75, 3.05) is 44.4 Å². The quantitative estimate of drug-likeness (QED) is 0.237. The molecule has 0 bridgehead atoms. The van der Waals surface area contributed by atoms with Crippen LogP contribution < -0.4 is 10.2 Å². The molecule has 0 radical (unpaired) electrons. The first-order valence-corrected chi connectivity index (χ1v) is 16.1. The second-order valence-electron chi connectivity index (χ2n) is 13.9. The predicted molar refractivity (Wildman–Crippen MR) is 181 cm³/mol. The van der Waals surface area contributed by atoms with Crippen molar-refractivity contribution in [3.8, 4) is 0 Å². The largest absolute Gasteiger partial charge is 0.378 e. The van der Waals surface area contributed by atoms with Crippen LogP contribution in [0.15, 0.2) is 73.1 Å². The highest BCUT2D eigenvalue weighted by molar-refractivity contribution is 6.01. The van der Waals surface area contributed by atoms with E-state index in [1.54, 1.807) is 12.4 Å². The third kappa shape index (κ3) is 5.84. The number of para-hydroxylation sites is 1. The molecule has 2 aliphatic rings. The van der Waals surface area contributed by atoms with Crippen molar-refractivity contribution in [2.24, 2.45) is 11.3 Å². The van der Waals surface area contributed by atoms with Gasteiger partial charge in [-0.25, -0.2) is 0 Å². The van der Waals surface area contributed by atoms with E-state index < -0.39 is 5.54 Å². The number of anilines is 2. The predicted octanol–water partition coefficient (Wildman–Crippen LogP) is 6.20. The summed E-state index contributed by atoms with van der Waals surface area (Å²) in [6, 6.07) is 20.2. The van der Waals surface area contributed by atoms with Crippen LogP contribution in [0.2, 0.25) is 0 Å². The number of hydrogen-bond donors (Lipinski definition) is 2. The molecule has 4 aromatic rings. The normalized spacial score (nSPS) is 20.5. The average molecular weight is 607 g/mol. The number of aromatic nitrogens is 2. The van der Waals surface area contributed by atoms with Crippen molar-refractivity contribution in [1.82, 2.24) is 19.8 Å². The molecular weight excluding hydrogens is 560 g/mol. The van der Waals surface area contributed by atoms with Gasteiger partial charge in [-0.3, -0.25) is 14.6 Å². The van der Waals surface area contributed by atoms with E-state index in [1.807, 2.05) is 60.3 Å². The molecule has 1 saturated carbocycles. The number of rotatable bonds is 9. The number of carbonyl (C=O) groups is 2. The third-order valence-electron chi connectivity index (χ3n) is 10.5. The molecule has 2 amide bonds. The van der Waals surface area contributed by atoms with Gasteiger partial charge in [-0.2, -0.15) is 0 Å². The molecule has 2 aromatic carbocycles. The van der Waals surface area contributed by atoms with Gasteiger partial charge in [0.1, 0.15) is 5.54 Å². The van der Waals surface area contributed by atoms with Gasteiger partial charge in [0.25, 0.3) is 0 Å². The fourth-order valence-electron chi connectivity index (χ4n) is 7.55. The first kappa shape index (κ1) is 30.8. The summed E-state index contributed by atoms with van der Waals surface area (Å²) in [5, 5.41) is 4.45. The Bertz CT molecular complexity index is 1670. The molecule has 2 atom stereocenters. The maximum Gasteiger partial charge on any atom is 0.250 e. The smallest absolute Gasteiger partial charge is 0.250 e. The van der Waals surface area contributed by atoms with Crippen LogP contribution in [0.25, 0.3) is 10.9 Å². The number of nitrogens with zero attached hydrogens (tertiary/aromatic N) is 4. The van der Waals surface area contributed by atoms with Gasteiger partial charge < -0.3 is 25.0 Å². The Labute approximate surface area is 266 Å². The van der Waals surface area contributed by atoms with Crippen molar-refractivity contribution >= 4 is 34.1 Å². The van der Waals surface area contributed by atoms with Crippen LogP contribution in [-0.2, 0) is 16.1 Å². The van der Waals surface area contributed by atoms with Gasteiger partial charge in [0.2, 0.25) is 11.8 Å². The number of fused-ring (bicyclic) bond motifs is 1. The Hall–Kier alpha value is -4.17. The van der Waals surface area contributed by atoms with Crippen molar-refractivity contribution in [3.05, 3.63) is 89.9 Å². The highest BCUT2D eigenvalue weighted by Gasteiger charge is 2.60. The van der Waals surface area contributed by atoms with Crippen LogP contribution in [0.3, 0.4) is 0 Å². The third-order valence-corrected chi connectivity index (χ3v) is 10.5. The van der Waals surface area contributed by atoms with E-state index in [0.717, 1.165) is 35.5 Å². The number of H-pyrrole nitrogens is 1. The second kappa shape index (κ2) is 12.0. The summed E-state index contributed by atoms with van der Waals surface area (Å²) >= 11 is 0. The molecule has 2 fully saturated rings. The molecule has 236 valence electrons. The Morgan fingerprint density at radius 1 is 1.02 bits per heavy atom. The number of likely N-dealkylation sites (tertiary alicyclic amines) is 1. The molecule has 6 rings (SSSR count). The minimum Gasteiger partial charge on any atom is -0.378 e. The monoisotopic (exact) mass is 606 g/mol. The van der Waals surface area contributed by atoms with Crippen LogP contribution in [0.4, 0.5) is 11.4 Å². The molecule has 2 N–H and O–H groups in total. The SMILES string of the molecule is Cc1[nH]c2ccccc2c1[C@H]1[C@H](CC(=O)N(Cc2cccnc2)C2(C(=O)Nc3ccc(N(C)C)cc3)CCN(C)CC2)C1(C)C. The molecule has 8 nitrogen and oxygen atoms in total. The highest BCUT2D eigenvalue weighted by atomic mass is 16.2. The molecular formula is C37H46N6O2. The van der Waals surface area contributed by atoms with Crippen molar-refractivity contribution in [3.63, 3.8) is 0 Å². The lowest BCUT2D eigenvalue weighted by Crippen LogP contribution is -2.62. The first-order valence-electron chi connectivity index (χ1n) is 16.1. The summed E-state index contributed by atoms with van der Waals surface area (Å²) in [5.74, 6) is 0.337. The lowest BCUT2D eigenvalue weighted by atomic mass is 9.83. The molecule has 1 saturated heterocycles. The number of benzene rings is 2. The average Bonchev–Trinajstić information content (AvgIpc) is 3.37. The van der Waals surface area contributed by atoms with E-state index in [0.29, 0.717) is 25.8 Å². The lowest BCUT2D eigenvalue weighted by molar-refractivity contribution is -0.150. The summed E-state index contributed by atoms with van der Waals surface area (Å²) in [5.41, 5.74) is 5.32. The van der Waals surface area contributed by atoms with Crippen LogP contribution in [0.5, 0.6) is 0 Å². The zero-order valence-corrected chi connectivity index (χ0v) is 27.4. The number of carbonyl (C=O) groups excluding carboxylic acids is 2. The van der Waals surface area contributed by atoms with Crippen LogP contribution >= 0.6 is 0 Å². The fourth-order valence-corrected chi connectivity index (χ4v) is 7.55. The Kier molecular flexibility index (Phi) is 8.20. The minimum atomic E-state index is -0.981. The molecule has 3 heterocycles. The lowest BCUT2D eigenvalue weighted by Gasteiger charge is -2.47. The number of nitrogens with one attached hydrogen (secondary N) is 2. The van der Waals surface area contributed by atoms with E-state index in [9.17, 15) is 9.59 Å². The van der Waals surface area contributed by atoms with Gasteiger partial charge in [0, 0.05) is 80.5 Å². The summed E-state index contributed by atoms with van der Waals surface area (Å²) in [6.07, 6.45) is 5.07. The molecule has 45 heavy (non-hydrogen) atoms. The van der Waals surface area contributed by atoms with E-state index in [2.05, 4.69) is 72.3 Å². The van der Waals surface area contributed by atoms with Crippen LogP contribution in [0.1, 0.15) is 55.8 Å². The molecule has 0 unspecified atom stereocenters. The summed E-state index contributed by atoms with van der Waals surface area (Å²) in [6.45, 7) is 8.49. The van der Waals surface area contributed by atoms with E-state index in [1.165, 1.54) is 16.6 Å². The van der Waals surface area contributed by atoms with Crippen molar-refractivity contribution in [2.45, 2.75) is 58.0 Å². The summed E-state index contributed by atoms with van der Waals surface area (Å²) in [4.78, 5) is 43.2. The molecule has 1 aliphatic heterocycles. The maximum atomic E-state index is 14.7. The number of amides is 2. The maximum absolute atomic E-state index is 14.7. The number of piperidine rings is 1. The number of aryl methyl sites for hydroxylation is 1. The minimum absolute atomic E-state index is 0.0274. The summed E-state index contributed by atoms with van der Waals surface area (Å²) < 4.78 is 0. The standard InChI is InChI=1S/C37H46N6O2/c1-25-33(29-11-7-8-12-31(29)39-25)34-30(36(34,2)3)22-32(44)43(24-26-10-9-19-38-23-26)37(17-20-42(6)21-18-37)35(45)40-27-13-15-28(16-14-27)41(4)5/h7-16,19,23,30,34,39H,17-18,20-22,24H2,1-6H3,(H,40,45)/t30-,34+/m0/s1. The van der Waals surface area contributed by atoms with Gasteiger partial charge in [0.05, 0.1) is 0 Å². The van der Waals surface area contributed by atoms with E-state index >= 15 is 0 Å². The van der Waals surface area contributed by atoms with Gasteiger partial charge >= 0.3 is 0 Å². The molecule has 0 spiro atoms. The Morgan fingerprint density at radius 2 is 1.73 bits per heavy atom. The topological polar surface area (TPSA) is 84.6 Å². The number of aromatic amines is 1. The fraction of sp³-hybridized carbons (Fsp3) is 0.432.